The van der Waals surface area contributed by atoms with Gasteiger partial charge in [-0.25, -0.2) is 0 Å². The molecule has 178 valence electrons. The first-order valence-corrected chi connectivity index (χ1v) is 11.6. The van der Waals surface area contributed by atoms with Crippen molar-refractivity contribution in [1.82, 2.24) is 0 Å². The second-order valence-electron chi connectivity index (χ2n) is 11.1. The quantitative estimate of drug-likeness (QED) is 0.626. The summed E-state index contributed by atoms with van der Waals surface area (Å²) in [4.78, 5) is 49.7. The van der Waals surface area contributed by atoms with Gasteiger partial charge in [-0.15, -0.1) is 0 Å². The SMILES string of the molecule is CC(=O)OC[C@]1(O)C(=O)[C@@]23CC[C@H]4[C@@](C)(CCC[C@@]4(C)C(=O)O)[C@@H]2[C@@H](OC(C)=O)C[C@@H]1C3. The number of carboxylic acids is 1. The molecule has 4 rings (SSSR count). The second kappa shape index (κ2) is 7.27. The normalized spacial score (nSPS) is 47.2. The van der Waals surface area contributed by atoms with Gasteiger partial charge in [0.15, 0.2) is 11.4 Å². The van der Waals surface area contributed by atoms with Gasteiger partial charge in [-0.1, -0.05) is 13.3 Å². The Bertz CT molecular complexity index is 868. The Kier molecular flexibility index (Phi) is 5.27. The molecule has 4 aliphatic carbocycles. The summed E-state index contributed by atoms with van der Waals surface area (Å²) in [5.74, 6) is -3.22. The Morgan fingerprint density at radius 3 is 2.38 bits per heavy atom. The maximum atomic E-state index is 13.9. The molecular formula is C24H34O8. The molecule has 8 atom stereocenters. The van der Waals surface area contributed by atoms with Crippen LogP contribution in [0.1, 0.15) is 72.6 Å². The standard InChI is InChI=1S/C24H34O8/c1-13(25)31-12-24(30)15-10-16(32-14(2)26)18-21(3)7-5-8-22(4,20(28)29)17(21)6-9-23(18,11-15)19(24)27/h15-18,30H,5-12H2,1-4H3,(H,28,29)/t15-,16+,17+,18+,21-,22-,23-,24-/m1/s1. The average Bonchev–Trinajstić information content (AvgIpc) is 2.84. The van der Waals surface area contributed by atoms with Crippen molar-refractivity contribution >= 4 is 23.7 Å². The topological polar surface area (TPSA) is 127 Å². The molecule has 0 aliphatic heterocycles. The molecule has 2 bridgehead atoms. The van der Waals surface area contributed by atoms with E-state index in [-0.39, 0.29) is 17.6 Å². The molecule has 0 amide bonds. The number of hydrogen-bond donors (Lipinski definition) is 2. The fourth-order valence-corrected chi connectivity index (χ4v) is 8.38. The van der Waals surface area contributed by atoms with Crippen LogP contribution in [0, 0.1) is 34.0 Å². The van der Waals surface area contributed by atoms with Crippen LogP contribution in [0.15, 0.2) is 0 Å². The number of Topliss-reactive ketones (excluding diaryl/α,β-unsaturated/α-hetero) is 1. The number of carbonyl (C=O) groups excluding carboxylic acids is 3. The predicted molar refractivity (Wildman–Crippen MR) is 111 cm³/mol. The van der Waals surface area contributed by atoms with Gasteiger partial charge >= 0.3 is 17.9 Å². The molecular weight excluding hydrogens is 416 g/mol. The average molecular weight is 451 g/mol. The first kappa shape index (κ1) is 23.2. The number of aliphatic hydroxyl groups is 1. The summed E-state index contributed by atoms with van der Waals surface area (Å²) in [6.45, 7) is 6.02. The van der Waals surface area contributed by atoms with E-state index >= 15 is 0 Å². The number of carboxylic acid groups (broad SMARTS) is 1. The second-order valence-corrected chi connectivity index (χ2v) is 11.1. The molecule has 0 heterocycles. The lowest BCUT2D eigenvalue weighted by Crippen LogP contribution is -2.63. The Balaban J connectivity index is 1.82. The van der Waals surface area contributed by atoms with E-state index in [1.807, 2.05) is 0 Å². The fraction of sp³-hybridized carbons (Fsp3) is 0.833. The highest BCUT2D eigenvalue weighted by Crippen LogP contribution is 2.72. The first-order valence-electron chi connectivity index (χ1n) is 11.6. The molecule has 8 nitrogen and oxygen atoms in total. The zero-order valence-electron chi connectivity index (χ0n) is 19.3. The lowest BCUT2D eigenvalue weighted by Gasteiger charge is -2.63. The Morgan fingerprint density at radius 1 is 1.09 bits per heavy atom. The highest BCUT2D eigenvalue weighted by molar-refractivity contribution is 5.96. The molecule has 4 saturated carbocycles. The van der Waals surface area contributed by atoms with Gasteiger partial charge in [-0.3, -0.25) is 19.2 Å². The third-order valence-electron chi connectivity index (χ3n) is 9.48. The minimum absolute atomic E-state index is 0.165. The molecule has 0 unspecified atom stereocenters. The molecule has 1 spiro atoms. The van der Waals surface area contributed by atoms with Crippen LogP contribution < -0.4 is 0 Å². The molecule has 8 heteroatoms. The first-order chi connectivity index (χ1) is 14.8. The van der Waals surface area contributed by atoms with Crippen molar-refractivity contribution in [2.75, 3.05) is 6.61 Å². The fourth-order valence-electron chi connectivity index (χ4n) is 8.38. The third-order valence-corrected chi connectivity index (χ3v) is 9.48. The van der Waals surface area contributed by atoms with E-state index in [2.05, 4.69) is 6.92 Å². The van der Waals surface area contributed by atoms with Crippen molar-refractivity contribution in [3.8, 4) is 0 Å². The molecule has 0 aromatic carbocycles. The van der Waals surface area contributed by atoms with Crippen LogP contribution >= 0.6 is 0 Å². The number of esters is 2. The predicted octanol–water partition coefficient (Wildman–Crippen LogP) is 2.50. The largest absolute Gasteiger partial charge is 0.481 e. The van der Waals surface area contributed by atoms with E-state index in [1.165, 1.54) is 13.8 Å². The highest BCUT2D eigenvalue weighted by atomic mass is 16.5. The van der Waals surface area contributed by atoms with Crippen LogP contribution in [-0.4, -0.2) is 52.2 Å². The van der Waals surface area contributed by atoms with Crippen LogP contribution in [-0.2, 0) is 28.7 Å². The smallest absolute Gasteiger partial charge is 0.309 e. The van der Waals surface area contributed by atoms with Crippen LogP contribution in [0.2, 0.25) is 0 Å². The van der Waals surface area contributed by atoms with Gasteiger partial charge in [0.1, 0.15) is 12.7 Å². The minimum Gasteiger partial charge on any atom is -0.481 e. The molecule has 2 N–H and O–H groups in total. The van der Waals surface area contributed by atoms with Gasteiger partial charge in [0, 0.05) is 31.1 Å². The van der Waals surface area contributed by atoms with E-state index < -0.39 is 58.4 Å². The molecule has 0 aromatic rings. The summed E-state index contributed by atoms with van der Waals surface area (Å²) in [5.41, 5.74) is -4.17. The van der Waals surface area contributed by atoms with E-state index in [0.717, 1.165) is 6.42 Å². The summed E-state index contributed by atoms with van der Waals surface area (Å²) < 4.78 is 10.9. The number of hydrogen-bond acceptors (Lipinski definition) is 7. The molecule has 32 heavy (non-hydrogen) atoms. The number of ketones is 1. The highest BCUT2D eigenvalue weighted by Gasteiger charge is 2.75. The molecule has 0 saturated heterocycles. The number of aliphatic carboxylic acids is 1. The van der Waals surface area contributed by atoms with E-state index in [9.17, 15) is 29.4 Å². The number of ether oxygens (including phenoxy) is 2. The maximum Gasteiger partial charge on any atom is 0.309 e. The number of rotatable bonds is 4. The molecule has 4 aliphatic rings. The molecule has 0 radical (unpaired) electrons. The van der Waals surface area contributed by atoms with Gasteiger partial charge in [0.25, 0.3) is 0 Å². The third kappa shape index (κ3) is 2.97. The van der Waals surface area contributed by atoms with E-state index in [0.29, 0.717) is 38.5 Å². The van der Waals surface area contributed by atoms with Crippen molar-refractivity contribution < 1.29 is 38.9 Å². The van der Waals surface area contributed by atoms with Gasteiger partial charge in [-0.2, -0.15) is 0 Å². The van der Waals surface area contributed by atoms with Gasteiger partial charge in [-0.05, 0) is 56.8 Å². The maximum absolute atomic E-state index is 13.9. The summed E-state index contributed by atoms with van der Waals surface area (Å²) in [7, 11) is 0. The summed E-state index contributed by atoms with van der Waals surface area (Å²) in [6, 6.07) is 0. The number of carbonyl (C=O) groups is 4. The summed E-state index contributed by atoms with van der Waals surface area (Å²) >= 11 is 0. The van der Waals surface area contributed by atoms with E-state index in [1.54, 1.807) is 6.92 Å². The lowest BCUT2D eigenvalue weighted by molar-refractivity contribution is -0.208. The lowest BCUT2D eigenvalue weighted by atomic mass is 9.40. The van der Waals surface area contributed by atoms with Crippen molar-refractivity contribution in [3.63, 3.8) is 0 Å². The van der Waals surface area contributed by atoms with Gasteiger partial charge in [0.2, 0.25) is 0 Å². The van der Waals surface area contributed by atoms with Gasteiger partial charge < -0.3 is 19.7 Å². The summed E-state index contributed by atoms with van der Waals surface area (Å²) in [6.07, 6.45) is 3.18. The van der Waals surface area contributed by atoms with Crippen molar-refractivity contribution in [1.29, 1.82) is 0 Å². The van der Waals surface area contributed by atoms with Crippen LogP contribution in [0.4, 0.5) is 0 Å². The number of fused-ring (bicyclic) bond motifs is 3. The molecule has 0 aromatic heterocycles. The van der Waals surface area contributed by atoms with Crippen LogP contribution in [0.25, 0.3) is 0 Å². The zero-order chi connectivity index (χ0) is 23.7. The van der Waals surface area contributed by atoms with Crippen molar-refractivity contribution in [3.05, 3.63) is 0 Å². The van der Waals surface area contributed by atoms with Gasteiger partial charge in [0.05, 0.1) is 5.41 Å². The van der Waals surface area contributed by atoms with Crippen LogP contribution in [0.3, 0.4) is 0 Å². The van der Waals surface area contributed by atoms with Crippen LogP contribution in [0.5, 0.6) is 0 Å². The molecule has 4 fully saturated rings. The zero-order valence-corrected chi connectivity index (χ0v) is 19.3. The Hall–Kier alpha value is -1.96. The van der Waals surface area contributed by atoms with E-state index in [4.69, 9.17) is 9.47 Å². The monoisotopic (exact) mass is 450 g/mol. The minimum atomic E-state index is -1.81. The van der Waals surface area contributed by atoms with Crippen molar-refractivity contribution in [2.24, 2.45) is 34.0 Å². The Morgan fingerprint density at radius 2 is 1.78 bits per heavy atom. The Labute approximate surface area is 188 Å². The summed E-state index contributed by atoms with van der Waals surface area (Å²) in [5, 5.41) is 21.6. The van der Waals surface area contributed by atoms with Crippen molar-refractivity contribution in [2.45, 2.75) is 84.3 Å².